The van der Waals surface area contributed by atoms with E-state index in [1.165, 1.54) is 18.5 Å². The number of pyridine rings is 1. The highest BCUT2D eigenvalue weighted by atomic mass is 35.5. The summed E-state index contributed by atoms with van der Waals surface area (Å²) in [6.45, 7) is 6.05. The Labute approximate surface area is 131 Å². The largest absolute Gasteiger partial charge is 0.329 e. The molecule has 1 aromatic heterocycles. The van der Waals surface area contributed by atoms with Crippen LogP contribution in [0.15, 0.2) is 23.4 Å². The lowest BCUT2D eigenvalue weighted by atomic mass is 9.92. The highest BCUT2D eigenvalue weighted by molar-refractivity contribution is 7.89. The van der Waals surface area contributed by atoms with E-state index in [0.29, 0.717) is 12.3 Å². The quantitative estimate of drug-likeness (QED) is 0.830. The minimum Gasteiger partial charge on any atom is -0.329 e. The van der Waals surface area contributed by atoms with Gasteiger partial charge in [-0.3, -0.25) is 4.98 Å². The van der Waals surface area contributed by atoms with E-state index in [0.717, 1.165) is 0 Å². The number of halogens is 2. The maximum atomic E-state index is 12.3. The van der Waals surface area contributed by atoms with Crippen molar-refractivity contribution in [2.75, 3.05) is 6.54 Å². The molecule has 8 heteroatoms. The summed E-state index contributed by atoms with van der Waals surface area (Å²) in [6, 6.07) is 1.36. The van der Waals surface area contributed by atoms with Gasteiger partial charge < -0.3 is 5.73 Å². The Kier molecular flexibility index (Phi) is 7.41. The zero-order valence-corrected chi connectivity index (χ0v) is 14.1. The SMILES string of the molecule is CC(C)CC(C)(CN)NS(=O)(=O)c1cncc(Cl)c1.Cl. The van der Waals surface area contributed by atoms with Crippen LogP contribution in [0.1, 0.15) is 27.2 Å². The lowest BCUT2D eigenvalue weighted by Crippen LogP contribution is -2.52. The molecule has 0 amide bonds. The summed E-state index contributed by atoms with van der Waals surface area (Å²) in [4.78, 5) is 3.83. The Balaban J connectivity index is 0.00000361. The van der Waals surface area contributed by atoms with Crippen molar-refractivity contribution in [1.82, 2.24) is 9.71 Å². The standard InChI is InChI=1S/C12H20ClN3O2S.ClH/c1-9(2)5-12(3,8-14)16-19(17,18)11-4-10(13)6-15-7-11;/h4,6-7,9,16H,5,8,14H2,1-3H3;1H. The Bertz CT molecular complexity index is 537. The Morgan fingerprint density at radius 3 is 2.50 bits per heavy atom. The van der Waals surface area contributed by atoms with E-state index in [1.807, 2.05) is 13.8 Å². The van der Waals surface area contributed by atoms with Crippen LogP contribution in [-0.2, 0) is 10.0 Å². The summed E-state index contributed by atoms with van der Waals surface area (Å²) in [6.07, 6.45) is 3.30. The summed E-state index contributed by atoms with van der Waals surface area (Å²) in [5.41, 5.74) is 5.02. The maximum absolute atomic E-state index is 12.3. The molecule has 1 unspecified atom stereocenters. The van der Waals surface area contributed by atoms with Gasteiger partial charge in [0.05, 0.1) is 5.02 Å². The molecule has 1 heterocycles. The van der Waals surface area contributed by atoms with Crippen molar-refractivity contribution in [3.63, 3.8) is 0 Å². The molecule has 0 saturated carbocycles. The van der Waals surface area contributed by atoms with Gasteiger partial charge in [0.25, 0.3) is 0 Å². The summed E-state index contributed by atoms with van der Waals surface area (Å²) in [5.74, 6) is 0.328. The van der Waals surface area contributed by atoms with Crippen molar-refractivity contribution in [3.05, 3.63) is 23.5 Å². The molecule has 0 saturated heterocycles. The van der Waals surface area contributed by atoms with Crippen LogP contribution < -0.4 is 10.5 Å². The van der Waals surface area contributed by atoms with Gasteiger partial charge in [-0.1, -0.05) is 25.4 Å². The summed E-state index contributed by atoms with van der Waals surface area (Å²) >= 11 is 5.76. The second-order valence-corrected chi connectivity index (χ2v) is 7.43. The highest BCUT2D eigenvalue weighted by Crippen LogP contribution is 2.20. The van der Waals surface area contributed by atoms with Crippen LogP contribution >= 0.6 is 24.0 Å². The molecule has 0 spiro atoms. The van der Waals surface area contributed by atoms with Crippen molar-refractivity contribution in [3.8, 4) is 0 Å². The fourth-order valence-electron chi connectivity index (χ4n) is 1.99. The molecule has 5 nitrogen and oxygen atoms in total. The molecule has 0 fully saturated rings. The van der Waals surface area contributed by atoms with E-state index in [2.05, 4.69) is 9.71 Å². The number of sulfonamides is 1. The zero-order chi connectivity index (χ0) is 14.7. The normalized spacial score (nSPS) is 14.7. The van der Waals surface area contributed by atoms with Crippen LogP contribution in [0.25, 0.3) is 0 Å². The average Bonchev–Trinajstić information content (AvgIpc) is 2.27. The van der Waals surface area contributed by atoms with Gasteiger partial charge in [0.2, 0.25) is 10.0 Å². The molecule has 20 heavy (non-hydrogen) atoms. The minimum absolute atomic E-state index is 0. The molecule has 0 aliphatic rings. The van der Waals surface area contributed by atoms with E-state index < -0.39 is 15.6 Å². The second kappa shape index (κ2) is 7.56. The van der Waals surface area contributed by atoms with Crippen LogP contribution in [0.5, 0.6) is 0 Å². The number of hydrogen-bond donors (Lipinski definition) is 2. The topological polar surface area (TPSA) is 85.1 Å². The number of nitrogens with one attached hydrogen (secondary N) is 1. The first kappa shape index (κ1) is 19.6. The third-order valence-electron chi connectivity index (χ3n) is 2.68. The second-order valence-electron chi connectivity index (χ2n) is 5.31. The molecule has 116 valence electrons. The molecule has 0 radical (unpaired) electrons. The van der Waals surface area contributed by atoms with Crippen LogP contribution in [0.4, 0.5) is 0 Å². The Morgan fingerprint density at radius 1 is 1.45 bits per heavy atom. The van der Waals surface area contributed by atoms with Crippen molar-refractivity contribution < 1.29 is 8.42 Å². The molecule has 1 rings (SSSR count). The van der Waals surface area contributed by atoms with Gasteiger partial charge in [-0.2, -0.15) is 0 Å². The average molecular weight is 342 g/mol. The molecular weight excluding hydrogens is 321 g/mol. The molecular formula is C12H21Cl2N3O2S. The predicted molar refractivity (Wildman–Crippen MR) is 83.7 cm³/mol. The number of hydrogen-bond acceptors (Lipinski definition) is 4. The fraction of sp³-hybridized carbons (Fsp3) is 0.583. The van der Waals surface area contributed by atoms with Gasteiger partial charge in [0, 0.05) is 24.5 Å². The Hall–Kier alpha value is -0.400. The first-order valence-corrected chi connectivity index (χ1v) is 7.89. The number of nitrogens with two attached hydrogens (primary N) is 1. The Morgan fingerprint density at radius 2 is 2.05 bits per heavy atom. The molecule has 0 aliphatic carbocycles. The van der Waals surface area contributed by atoms with Crippen molar-refractivity contribution in [2.45, 2.75) is 37.6 Å². The molecule has 1 aromatic rings. The van der Waals surface area contributed by atoms with Gasteiger partial charge >= 0.3 is 0 Å². The molecule has 3 N–H and O–H groups in total. The van der Waals surface area contributed by atoms with Gasteiger partial charge in [-0.05, 0) is 25.3 Å². The minimum atomic E-state index is -3.68. The van der Waals surface area contributed by atoms with E-state index in [-0.39, 0.29) is 28.9 Å². The third kappa shape index (κ3) is 5.54. The van der Waals surface area contributed by atoms with Crippen molar-refractivity contribution in [1.29, 1.82) is 0 Å². The lowest BCUT2D eigenvalue weighted by molar-refractivity contribution is 0.344. The van der Waals surface area contributed by atoms with E-state index in [1.54, 1.807) is 6.92 Å². The third-order valence-corrected chi connectivity index (χ3v) is 4.49. The van der Waals surface area contributed by atoms with Crippen LogP contribution in [0.3, 0.4) is 0 Å². The number of rotatable bonds is 6. The van der Waals surface area contributed by atoms with Crippen LogP contribution in [-0.4, -0.2) is 25.5 Å². The molecule has 0 bridgehead atoms. The van der Waals surface area contributed by atoms with Gasteiger partial charge in [-0.25, -0.2) is 13.1 Å². The van der Waals surface area contributed by atoms with Gasteiger partial charge in [-0.15, -0.1) is 12.4 Å². The summed E-state index contributed by atoms with van der Waals surface area (Å²) in [5, 5.41) is 0.279. The van der Waals surface area contributed by atoms with E-state index in [4.69, 9.17) is 17.3 Å². The lowest BCUT2D eigenvalue weighted by Gasteiger charge is -2.30. The highest BCUT2D eigenvalue weighted by Gasteiger charge is 2.30. The van der Waals surface area contributed by atoms with Crippen LogP contribution in [0, 0.1) is 5.92 Å². The van der Waals surface area contributed by atoms with E-state index >= 15 is 0 Å². The maximum Gasteiger partial charge on any atom is 0.242 e. The monoisotopic (exact) mass is 341 g/mol. The smallest absolute Gasteiger partial charge is 0.242 e. The van der Waals surface area contributed by atoms with Gasteiger partial charge in [0.15, 0.2) is 0 Å². The first-order valence-electron chi connectivity index (χ1n) is 6.03. The van der Waals surface area contributed by atoms with Crippen molar-refractivity contribution in [2.24, 2.45) is 11.7 Å². The van der Waals surface area contributed by atoms with E-state index in [9.17, 15) is 8.42 Å². The first-order chi connectivity index (χ1) is 8.68. The van der Waals surface area contributed by atoms with Crippen LogP contribution in [0.2, 0.25) is 5.02 Å². The summed E-state index contributed by atoms with van der Waals surface area (Å²) < 4.78 is 27.2. The molecule has 0 aromatic carbocycles. The number of nitrogens with zero attached hydrogens (tertiary/aromatic N) is 1. The number of aromatic nitrogens is 1. The molecule has 0 aliphatic heterocycles. The zero-order valence-electron chi connectivity index (χ0n) is 11.8. The predicted octanol–water partition coefficient (Wildman–Crippen LogP) is 2.20. The van der Waals surface area contributed by atoms with Crippen molar-refractivity contribution >= 4 is 34.0 Å². The fourth-order valence-corrected chi connectivity index (χ4v) is 3.64. The van der Waals surface area contributed by atoms with Gasteiger partial charge in [0.1, 0.15) is 4.90 Å². The summed E-state index contributed by atoms with van der Waals surface area (Å²) in [7, 11) is -3.68. The molecule has 1 atom stereocenters.